The van der Waals surface area contributed by atoms with E-state index in [2.05, 4.69) is 82.2 Å². The van der Waals surface area contributed by atoms with Gasteiger partial charge in [0, 0.05) is 176 Å². The summed E-state index contributed by atoms with van der Waals surface area (Å²) >= 11 is 0. The highest BCUT2D eigenvalue weighted by Gasteiger charge is 2.44. The number of hydrogen-bond donors (Lipinski definition) is 6. The standard InChI is InChI=1S/C24H22N8O3.C24H24N6O3S.C23H23N7O.C22H19N7O2S/c1-2-18(33)19-20(25)32-21(15(11-27-32)14-9-13-5-3-4-6-16(13)26-10-14)28-22(19)30-7-8-31-17(12-30)23(34)29-24(31)35;1-2-20(31)21-22(25)30-23(28-24(21)29-10-12-34(32,33)13-11-29)18(15-27-30)17-8-9-19(26-14-17)16-6-4-3-5-7-16;1-14-2-3-20-15(8-14)9-16(11-27-20)19-12-28-30-22(25)18(10-24)21(29-23(19)30)13-26-17-4-6-31-7-5-17;23-12-17-20(24)29-22(27-21(17)28-8-10-32(30,31)11-9-28)18(14-26-29)16-6-7-19(25-13-16)15-4-2-1-3-5-15/h3-6,9-11,17H,2,7-8,12,25H2,1H3,(H,29,34,35);3-9,14-15H,2,10-13,25H2,1H3;2-3,8-9,11-12,17,26H,4-7,13,25H2,1H3;1-7,13-14H,8-11,24H2. The number of aromatic nitrogens is 16. The molecule has 0 bridgehead atoms. The molecule has 1 unspecified atom stereocenters. The van der Waals surface area contributed by atoms with Gasteiger partial charge >= 0.3 is 6.03 Å². The second kappa shape index (κ2) is 36.4. The number of hydrogen-bond acceptors (Lipinski definition) is 31. The van der Waals surface area contributed by atoms with Crippen LogP contribution in [0.3, 0.4) is 0 Å². The van der Waals surface area contributed by atoms with Crippen molar-refractivity contribution >= 4 is 128 Å². The number of nitrogens with two attached hydrogens (primary N) is 4. The van der Waals surface area contributed by atoms with Crippen molar-refractivity contribution in [2.45, 2.75) is 65.1 Å². The van der Waals surface area contributed by atoms with Gasteiger partial charge < -0.3 is 52.6 Å². The Morgan fingerprint density at radius 2 is 0.924 bits per heavy atom. The van der Waals surface area contributed by atoms with E-state index >= 15 is 0 Å². The van der Waals surface area contributed by atoms with Crippen LogP contribution in [0.25, 0.3) is 111 Å². The van der Waals surface area contributed by atoms with E-state index in [1.54, 1.807) is 62.1 Å². The summed E-state index contributed by atoms with van der Waals surface area (Å²) in [7, 11) is -6.17. The van der Waals surface area contributed by atoms with Gasteiger partial charge in [-0.25, -0.2) is 41.6 Å². The molecule has 0 saturated carbocycles. The van der Waals surface area contributed by atoms with Gasteiger partial charge in [-0.1, -0.05) is 116 Å². The van der Waals surface area contributed by atoms with E-state index in [1.807, 2.05) is 143 Å². The Morgan fingerprint density at radius 1 is 0.477 bits per heavy atom. The number of piperazine rings is 1. The number of benzene rings is 4. The van der Waals surface area contributed by atoms with Crippen molar-refractivity contribution in [3.63, 3.8) is 0 Å². The van der Waals surface area contributed by atoms with Gasteiger partial charge in [-0.15, -0.1) is 0 Å². The second-order valence-corrected chi connectivity index (χ2v) is 36.9. The van der Waals surface area contributed by atoms with E-state index in [9.17, 15) is 46.5 Å². The number of amides is 3. The molecular weight excluding hydrogens is 1720 g/mol. The highest BCUT2D eigenvalue weighted by atomic mass is 32.2. The lowest BCUT2D eigenvalue weighted by Gasteiger charge is -2.36. The number of rotatable bonds is 16. The molecule has 39 heteroatoms. The van der Waals surface area contributed by atoms with E-state index < -0.39 is 31.7 Å². The van der Waals surface area contributed by atoms with Crippen molar-refractivity contribution in [1.82, 2.24) is 93.9 Å². The van der Waals surface area contributed by atoms with Gasteiger partial charge in [-0.2, -0.15) is 49.0 Å². The van der Waals surface area contributed by atoms with E-state index in [4.69, 9.17) is 47.6 Å². The summed E-state index contributed by atoms with van der Waals surface area (Å²) in [6.45, 7) is 9.52. The van der Waals surface area contributed by atoms with Crippen molar-refractivity contribution in [2.24, 2.45) is 0 Å². The van der Waals surface area contributed by atoms with Crippen LogP contribution in [0.15, 0.2) is 189 Å². The molecule has 37 nitrogen and oxygen atoms in total. The number of nitrogens with one attached hydrogen (secondary N) is 2. The first-order valence-corrected chi connectivity index (χ1v) is 46.5. The zero-order valence-electron chi connectivity index (χ0n) is 71.9. The summed E-state index contributed by atoms with van der Waals surface area (Å²) in [6.07, 6.45) is 16.2. The number of anilines is 7. The molecule has 17 heterocycles. The fraction of sp³-hybridized carbons (Fsp3) is 0.247. The Bertz CT molecular complexity index is 7560. The summed E-state index contributed by atoms with van der Waals surface area (Å²) in [6, 6.07) is 49.2. The predicted octanol–water partition coefficient (Wildman–Crippen LogP) is 9.85. The quantitative estimate of drug-likeness (QED) is 0.0387. The number of carbonyl (C=O) groups excluding carboxylic acids is 4. The summed E-state index contributed by atoms with van der Waals surface area (Å²) in [4.78, 5) is 94.6. The summed E-state index contributed by atoms with van der Waals surface area (Å²) in [5.41, 5.74) is 42.3. The number of urea groups is 1. The maximum Gasteiger partial charge on any atom is 0.324 e. The van der Waals surface area contributed by atoms with E-state index in [-0.39, 0.29) is 120 Å². The summed E-state index contributed by atoms with van der Waals surface area (Å²) in [5, 5.41) is 44.8. The zero-order valence-corrected chi connectivity index (χ0v) is 73.6. The third kappa shape index (κ3) is 17.1. The molecule has 666 valence electrons. The van der Waals surface area contributed by atoms with Crippen molar-refractivity contribution in [3.8, 4) is 79.2 Å². The first kappa shape index (κ1) is 86.9. The SMILES string of the molecule is CCC(=O)c1c(N2CCN3C(=O)NC(=O)C3C2)nc2c(-c3cnc4ccccc4c3)cnn2c1N.CCC(=O)c1c(N2CCS(=O)(=O)CC2)nc2c(-c3ccc(-c4ccccc4)nc3)cnn2c1N.Cc1ccc2ncc(-c3cnn4c(N)c(C#N)c(CNC5CCOCC5)nc34)cc2c1.N#Cc1c(N2CCS(=O)(=O)CC2)nc2c(-c3ccc(-c4ccccc4)nc3)cnn2c1N. The van der Waals surface area contributed by atoms with Gasteiger partial charge in [-0.3, -0.25) is 39.6 Å². The molecule has 12 aromatic heterocycles. The number of ether oxygens (including phenoxy) is 1. The average Bonchev–Trinajstić information content (AvgIpc) is 1.63. The van der Waals surface area contributed by atoms with E-state index in [1.165, 1.54) is 28.5 Å². The molecule has 5 aliphatic rings. The molecule has 0 radical (unpaired) electrons. The van der Waals surface area contributed by atoms with Crippen molar-refractivity contribution < 1.29 is 40.8 Å². The normalized spacial score (nSPS) is 16.0. The van der Waals surface area contributed by atoms with Crippen molar-refractivity contribution in [3.05, 3.63) is 223 Å². The van der Waals surface area contributed by atoms with Crippen LogP contribution in [0.4, 0.5) is 45.5 Å². The Hall–Kier alpha value is -15.8. The van der Waals surface area contributed by atoms with E-state index in [0.717, 1.165) is 115 Å². The van der Waals surface area contributed by atoms with Gasteiger partial charge in [0.1, 0.15) is 75.3 Å². The zero-order chi connectivity index (χ0) is 91.8. The average molecular weight is 1810 g/mol. The maximum atomic E-state index is 13.0. The largest absolute Gasteiger partial charge is 0.383 e. The third-order valence-electron chi connectivity index (χ3n) is 24.1. The Labute approximate surface area is 755 Å². The number of nitrogens with zero attached hydrogens (tertiary/aromatic N) is 22. The van der Waals surface area contributed by atoms with E-state index in [0.29, 0.717) is 82.8 Å². The molecule has 1 atom stereocenters. The molecule has 132 heavy (non-hydrogen) atoms. The Morgan fingerprint density at radius 3 is 1.43 bits per heavy atom. The van der Waals surface area contributed by atoms with Crippen LogP contribution in [0.5, 0.6) is 0 Å². The smallest absolute Gasteiger partial charge is 0.324 e. The van der Waals surface area contributed by atoms with Gasteiger partial charge in [0.25, 0.3) is 5.91 Å². The molecule has 0 spiro atoms. The molecule has 0 aliphatic carbocycles. The fourth-order valence-corrected chi connectivity index (χ4v) is 19.2. The monoisotopic (exact) mass is 1800 g/mol. The van der Waals surface area contributed by atoms with Gasteiger partial charge in [0.05, 0.1) is 75.9 Å². The first-order valence-electron chi connectivity index (χ1n) is 42.8. The van der Waals surface area contributed by atoms with Crippen LogP contribution in [0.2, 0.25) is 0 Å². The summed E-state index contributed by atoms with van der Waals surface area (Å²) < 4.78 is 58.9. The highest BCUT2D eigenvalue weighted by molar-refractivity contribution is 7.91. The van der Waals surface area contributed by atoms with Crippen LogP contribution < -0.4 is 48.3 Å². The second-order valence-electron chi connectivity index (χ2n) is 32.3. The number of nitrogen functional groups attached to an aromatic ring is 4. The number of para-hydroxylation sites is 1. The van der Waals surface area contributed by atoms with Crippen molar-refractivity contribution in [1.29, 1.82) is 10.5 Å². The molecule has 10 N–H and O–H groups in total. The minimum absolute atomic E-state index is 0.0104. The molecule has 5 aliphatic heterocycles. The minimum Gasteiger partial charge on any atom is -0.383 e. The first-order chi connectivity index (χ1) is 63.9. The molecule has 21 rings (SSSR count). The predicted molar refractivity (Wildman–Crippen MR) is 500 cm³/mol. The molecule has 3 amide bonds. The number of Topliss-reactive ketones (excluding diaryl/α,β-unsaturated/α-hetero) is 2. The third-order valence-corrected chi connectivity index (χ3v) is 27.3. The lowest BCUT2D eigenvalue weighted by Crippen LogP contribution is -2.53. The van der Waals surface area contributed by atoms with Crippen LogP contribution in [-0.4, -0.2) is 218 Å². The Kier molecular flexibility index (Phi) is 23.9. The molecule has 4 aromatic carbocycles. The van der Waals surface area contributed by atoms with Crippen LogP contribution >= 0.6 is 0 Å². The van der Waals surface area contributed by atoms with Gasteiger partial charge in [0.15, 0.2) is 59.6 Å². The Balaban J connectivity index is 0.000000118. The van der Waals surface area contributed by atoms with Gasteiger partial charge in [-0.05, 0) is 62.2 Å². The molecule has 16 aromatic rings. The summed E-state index contributed by atoms with van der Waals surface area (Å²) in [5.74, 6) is 1.38. The van der Waals surface area contributed by atoms with Crippen LogP contribution in [0, 0.1) is 29.6 Å². The van der Waals surface area contributed by atoms with Crippen LogP contribution in [0.1, 0.15) is 82.6 Å². The van der Waals surface area contributed by atoms with Crippen molar-refractivity contribution in [2.75, 3.05) is 120 Å². The number of pyridine rings is 4. The highest BCUT2D eigenvalue weighted by Crippen LogP contribution is 2.39. The number of ketones is 2. The topological polar surface area (TPSA) is 507 Å². The number of sulfone groups is 2. The van der Waals surface area contributed by atoms with Crippen LogP contribution in [-0.2, 0) is 35.8 Å². The number of carbonyl (C=O) groups is 4. The number of aryl methyl sites for hydroxylation is 1. The minimum atomic E-state index is -3.09. The van der Waals surface area contributed by atoms with Gasteiger partial charge in [0.2, 0.25) is 0 Å². The fourth-order valence-electron chi connectivity index (χ4n) is 16.8. The molecule has 5 saturated heterocycles. The lowest BCUT2D eigenvalue weighted by molar-refractivity contribution is -0.121. The molecule has 5 fully saturated rings. The number of fused-ring (bicyclic) bond motifs is 7. The lowest BCUT2D eigenvalue weighted by atomic mass is 10.1. The number of imide groups is 1. The molecular formula is C93H88N28O9S2. The maximum absolute atomic E-state index is 13.0. The number of nitriles is 2.